The fraction of sp³-hybridized carbons (Fsp3) is 0.909. The Bertz CT molecular complexity index is 274. The van der Waals surface area contributed by atoms with Crippen LogP contribution in [-0.4, -0.2) is 30.1 Å². The van der Waals surface area contributed by atoms with Crippen LogP contribution in [0.15, 0.2) is 0 Å². The van der Waals surface area contributed by atoms with Crippen molar-refractivity contribution in [3.05, 3.63) is 0 Å². The van der Waals surface area contributed by atoms with Gasteiger partial charge in [0.25, 0.3) is 0 Å². The molecular weight excluding hydrogens is 176 g/mol. The van der Waals surface area contributed by atoms with Crippen molar-refractivity contribution in [2.24, 2.45) is 11.3 Å². The maximum absolute atomic E-state index is 11.6. The summed E-state index contributed by atoms with van der Waals surface area (Å²) in [5, 5.41) is 3.15. The van der Waals surface area contributed by atoms with Gasteiger partial charge in [0.15, 0.2) is 0 Å². The van der Waals surface area contributed by atoms with Gasteiger partial charge in [0.05, 0.1) is 5.66 Å². The number of likely N-dealkylation sites (tertiary alicyclic amines) is 1. The third-order valence-electron chi connectivity index (χ3n) is 4.67. The molecule has 1 amide bonds. The fourth-order valence-electron chi connectivity index (χ4n) is 2.98. The molecule has 2 fully saturated rings. The zero-order valence-electron chi connectivity index (χ0n) is 9.55. The highest BCUT2D eigenvalue weighted by molar-refractivity contribution is 5.78. The maximum Gasteiger partial charge on any atom is 0.221 e. The van der Waals surface area contributed by atoms with E-state index in [1.807, 2.05) is 0 Å². The molecule has 0 unspecified atom stereocenters. The number of hydrogen-bond acceptors (Lipinski definition) is 2. The van der Waals surface area contributed by atoms with E-state index in [9.17, 15) is 4.79 Å². The summed E-state index contributed by atoms with van der Waals surface area (Å²) in [6.07, 6.45) is 1.85. The third-order valence-corrected chi connectivity index (χ3v) is 4.67. The van der Waals surface area contributed by atoms with E-state index in [-0.39, 0.29) is 17.0 Å². The summed E-state index contributed by atoms with van der Waals surface area (Å²) in [6, 6.07) is 0. The van der Waals surface area contributed by atoms with Gasteiger partial charge in [-0.15, -0.1) is 0 Å². The molecule has 3 heteroatoms. The molecule has 80 valence electrons. The number of fused-ring (bicyclic) bond motifs is 2. The number of amides is 1. The number of piperidine rings is 2. The molecule has 0 aliphatic carbocycles. The lowest BCUT2D eigenvalue weighted by Crippen LogP contribution is -2.73. The second-order valence-electron chi connectivity index (χ2n) is 5.45. The van der Waals surface area contributed by atoms with Crippen molar-refractivity contribution >= 4 is 5.91 Å². The van der Waals surface area contributed by atoms with E-state index >= 15 is 0 Å². The Morgan fingerprint density at radius 1 is 1.43 bits per heavy atom. The molecule has 3 nitrogen and oxygen atoms in total. The zero-order chi connectivity index (χ0) is 10.6. The standard InChI is InChI=1S/C11H20N2O/c1-10(2)8-5-6-13(4)11(10,3)12-9(14)7-8/h8H,5-7H2,1-4H3,(H,12,14)/t8-,11-/m0/s1. The Morgan fingerprint density at radius 3 is 2.71 bits per heavy atom. The molecule has 1 N–H and O–H groups in total. The molecule has 0 aromatic rings. The van der Waals surface area contributed by atoms with Crippen LogP contribution in [0.1, 0.15) is 33.6 Å². The van der Waals surface area contributed by atoms with Gasteiger partial charge in [0.1, 0.15) is 0 Å². The molecule has 2 atom stereocenters. The van der Waals surface area contributed by atoms with Crippen molar-refractivity contribution < 1.29 is 4.79 Å². The van der Waals surface area contributed by atoms with Gasteiger partial charge < -0.3 is 5.32 Å². The highest BCUT2D eigenvalue weighted by atomic mass is 16.2. The van der Waals surface area contributed by atoms with Crippen LogP contribution in [0.4, 0.5) is 0 Å². The molecule has 2 heterocycles. The Kier molecular flexibility index (Phi) is 1.94. The molecule has 2 bridgehead atoms. The molecule has 2 aliphatic heterocycles. The first-order valence-electron chi connectivity index (χ1n) is 5.40. The molecule has 2 aliphatic rings. The van der Waals surface area contributed by atoms with Crippen molar-refractivity contribution in [1.82, 2.24) is 10.2 Å². The van der Waals surface area contributed by atoms with E-state index in [0.717, 1.165) is 13.0 Å². The molecule has 0 radical (unpaired) electrons. The van der Waals surface area contributed by atoms with Gasteiger partial charge >= 0.3 is 0 Å². The summed E-state index contributed by atoms with van der Waals surface area (Å²) in [6.45, 7) is 7.78. The van der Waals surface area contributed by atoms with Crippen LogP contribution >= 0.6 is 0 Å². The molecule has 2 rings (SSSR count). The summed E-state index contributed by atoms with van der Waals surface area (Å²) in [5.74, 6) is 0.751. The second-order valence-corrected chi connectivity index (χ2v) is 5.45. The van der Waals surface area contributed by atoms with Gasteiger partial charge in [0.2, 0.25) is 5.91 Å². The molecule has 0 spiro atoms. The van der Waals surface area contributed by atoms with Gasteiger partial charge in [-0.05, 0) is 26.3 Å². The summed E-state index contributed by atoms with van der Waals surface area (Å²) >= 11 is 0. The molecular formula is C11H20N2O. The monoisotopic (exact) mass is 196 g/mol. The fourth-order valence-corrected chi connectivity index (χ4v) is 2.98. The van der Waals surface area contributed by atoms with Crippen LogP contribution in [0, 0.1) is 11.3 Å². The Morgan fingerprint density at radius 2 is 2.07 bits per heavy atom. The Labute approximate surface area is 85.8 Å². The highest BCUT2D eigenvalue weighted by Crippen LogP contribution is 2.49. The first-order valence-corrected chi connectivity index (χ1v) is 5.40. The van der Waals surface area contributed by atoms with Gasteiger partial charge in [-0.2, -0.15) is 0 Å². The van der Waals surface area contributed by atoms with Crippen LogP contribution in [0.25, 0.3) is 0 Å². The Hall–Kier alpha value is -0.570. The molecule has 0 aromatic heterocycles. The smallest absolute Gasteiger partial charge is 0.221 e. The van der Waals surface area contributed by atoms with E-state index in [4.69, 9.17) is 0 Å². The number of hydrogen-bond donors (Lipinski definition) is 1. The molecule has 0 saturated carbocycles. The normalized spacial score (nSPS) is 42.0. The van der Waals surface area contributed by atoms with Crippen LogP contribution < -0.4 is 5.32 Å². The number of nitrogens with zero attached hydrogens (tertiary/aromatic N) is 1. The maximum atomic E-state index is 11.6. The number of nitrogens with one attached hydrogen (secondary N) is 1. The summed E-state index contributed by atoms with van der Waals surface area (Å²) in [5.41, 5.74) is 0.0131. The molecule has 14 heavy (non-hydrogen) atoms. The van der Waals surface area contributed by atoms with Crippen molar-refractivity contribution in [1.29, 1.82) is 0 Å². The van der Waals surface area contributed by atoms with Crippen molar-refractivity contribution in [3.8, 4) is 0 Å². The zero-order valence-corrected chi connectivity index (χ0v) is 9.55. The summed E-state index contributed by atoms with van der Waals surface area (Å²) in [4.78, 5) is 13.9. The SMILES string of the molecule is CN1CC[C@H]2CC(=O)N[C@]1(C)C2(C)C. The molecule has 2 saturated heterocycles. The lowest BCUT2D eigenvalue weighted by molar-refractivity contribution is -0.156. The third kappa shape index (κ3) is 1.05. The van der Waals surface area contributed by atoms with Crippen LogP contribution in [0.3, 0.4) is 0 Å². The van der Waals surface area contributed by atoms with E-state index in [1.165, 1.54) is 0 Å². The average molecular weight is 196 g/mol. The minimum atomic E-state index is -0.161. The van der Waals surface area contributed by atoms with Crippen LogP contribution in [0.2, 0.25) is 0 Å². The molecule has 0 aromatic carbocycles. The van der Waals surface area contributed by atoms with E-state index in [2.05, 4.69) is 38.0 Å². The number of carbonyl (C=O) groups is 1. The topological polar surface area (TPSA) is 32.3 Å². The summed E-state index contributed by atoms with van der Waals surface area (Å²) in [7, 11) is 2.10. The van der Waals surface area contributed by atoms with Crippen molar-refractivity contribution in [3.63, 3.8) is 0 Å². The predicted molar refractivity (Wildman–Crippen MR) is 55.7 cm³/mol. The number of rotatable bonds is 0. The first kappa shape index (κ1) is 9.97. The van der Waals surface area contributed by atoms with E-state index < -0.39 is 0 Å². The van der Waals surface area contributed by atoms with Gasteiger partial charge in [0, 0.05) is 18.4 Å². The van der Waals surface area contributed by atoms with Gasteiger partial charge in [-0.25, -0.2) is 0 Å². The van der Waals surface area contributed by atoms with Gasteiger partial charge in [-0.1, -0.05) is 13.8 Å². The lowest BCUT2D eigenvalue weighted by atomic mass is 9.61. The van der Waals surface area contributed by atoms with Gasteiger partial charge in [-0.3, -0.25) is 9.69 Å². The van der Waals surface area contributed by atoms with Crippen molar-refractivity contribution in [2.75, 3.05) is 13.6 Å². The lowest BCUT2D eigenvalue weighted by Gasteiger charge is -2.60. The first-order chi connectivity index (χ1) is 6.38. The van der Waals surface area contributed by atoms with Crippen LogP contribution in [-0.2, 0) is 4.79 Å². The van der Waals surface area contributed by atoms with E-state index in [0.29, 0.717) is 12.3 Å². The number of carbonyl (C=O) groups excluding carboxylic acids is 1. The predicted octanol–water partition coefficient (Wildman–Crippen LogP) is 1.20. The largest absolute Gasteiger partial charge is 0.338 e. The minimum Gasteiger partial charge on any atom is -0.338 e. The average Bonchev–Trinajstić information content (AvgIpc) is 2.06. The highest BCUT2D eigenvalue weighted by Gasteiger charge is 2.55. The summed E-state index contributed by atoms with van der Waals surface area (Å²) < 4.78 is 0. The minimum absolute atomic E-state index is 0.161. The quantitative estimate of drug-likeness (QED) is 0.631. The Balaban J connectivity index is 2.41. The van der Waals surface area contributed by atoms with Crippen LogP contribution in [0.5, 0.6) is 0 Å². The second kappa shape index (κ2) is 2.72. The van der Waals surface area contributed by atoms with E-state index in [1.54, 1.807) is 0 Å². The van der Waals surface area contributed by atoms with Crippen molar-refractivity contribution in [2.45, 2.75) is 39.3 Å².